The summed E-state index contributed by atoms with van der Waals surface area (Å²) in [5.41, 5.74) is 2.63. The molecule has 3 nitrogen and oxygen atoms in total. The maximum absolute atomic E-state index is 12.3. The normalized spacial score (nSPS) is 22.0. The molecule has 1 atom stereocenters. The summed E-state index contributed by atoms with van der Waals surface area (Å²) < 4.78 is 0. The van der Waals surface area contributed by atoms with Gasteiger partial charge in [0.25, 0.3) is 0 Å². The standard InChI is InChI=1S/C19H28N2OS.ClH/c1-15(2)16-6-8-17(9-7-16)19-21(18(22)14-23-19)13-12-20-10-4-3-5-11-20;/h6-9,15,19H,3-5,10-14H2,1-2H3;1H. The SMILES string of the molecule is CC(C)c1ccc(C2SCC(=O)N2CCN2CCCCC2)cc1.Cl. The Labute approximate surface area is 156 Å². The third-order valence-corrected chi connectivity index (χ3v) is 6.22. The zero-order valence-electron chi connectivity index (χ0n) is 14.7. The first-order valence-corrected chi connectivity index (χ1v) is 9.93. The molecule has 2 heterocycles. The number of piperidine rings is 1. The molecule has 1 aromatic rings. The van der Waals surface area contributed by atoms with Crippen molar-refractivity contribution >= 4 is 30.1 Å². The predicted octanol–water partition coefficient (Wildman–Crippen LogP) is 4.29. The van der Waals surface area contributed by atoms with Crippen LogP contribution in [0.3, 0.4) is 0 Å². The van der Waals surface area contributed by atoms with Gasteiger partial charge in [0.15, 0.2) is 0 Å². The van der Waals surface area contributed by atoms with E-state index >= 15 is 0 Å². The van der Waals surface area contributed by atoms with E-state index in [4.69, 9.17) is 0 Å². The maximum atomic E-state index is 12.3. The van der Waals surface area contributed by atoms with Gasteiger partial charge in [-0.3, -0.25) is 4.79 Å². The fraction of sp³-hybridized carbons (Fsp3) is 0.632. The lowest BCUT2D eigenvalue weighted by atomic mass is 10.0. The summed E-state index contributed by atoms with van der Waals surface area (Å²) in [4.78, 5) is 16.9. The highest BCUT2D eigenvalue weighted by Crippen LogP contribution is 2.38. The van der Waals surface area contributed by atoms with Crippen LogP contribution < -0.4 is 0 Å². The molecule has 3 rings (SSSR count). The van der Waals surface area contributed by atoms with Crippen LogP contribution in [0.1, 0.15) is 55.5 Å². The molecule has 2 aliphatic heterocycles. The monoisotopic (exact) mass is 368 g/mol. The Hall–Kier alpha value is -0.710. The summed E-state index contributed by atoms with van der Waals surface area (Å²) in [5, 5.41) is 0.202. The van der Waals surface area contributed by atoms with Crippen LogP contribution in [0.2, 0.25) is 0 Å². The van der Waals surface area contributed by atoms with Gasteiger partial charge in [-0.15, -0.1) is 24.2 Å². The van der Waals surface area contributed by atoms with Crippen LogP contribution in [0, 0.1) is 0 Å². The summed E-state index contributed by atoms with van der Waals surface area (Å²) >= 11 is 1.77. The molecular formula is C19H29ClN2OS. The molecular weight excluding hydrogens is 340 g/mol. The van der Waals surface area contributed by atoms with E-state index in [2.05, 4.69) is 47.9 Å². The Balaban J connectivity index is 0.00000208. The van der Waals surface area contributed by atoms with Gasteiger partial charge in [-0.05, 0) is 43.0 Å². The number of hydrogen-bond donors (Lipinski definition) is 0. The number of nitrogens with zero attached hydrogens (tertiary/aromatic N) is 2. The average molecular weight is 369 g/mol. The molecule has 2 aliphatic rings. The molecule has 0 saturated carbocycles. The quantitative estimate of drug-likeness (QED) is 0.774. The van der Waals surface area contributed by atoms with Crippen molar-refractivity contribution in [2.24, 2.45) is 0 Å². The van der Waals surface area contributed by atoms with Crippen molar-refractivity contribution in [3.05, 3.63) is 35.4 Å². The van der Waals surface area contributed by atoms with E-state index < -0.39 is 0 Å². The van der Waals surface area contributed by atoms with Crippen LogP contribution in [0.5, 0.6) is 0 Å². The number of likely N-dealkylation sites (tertiary alicyclic amines) is 1. The molecule has 1 amide bonds. The number of amides is 1. The first kappa shape index (κ1) is 19.6. The number of halogens is 1. The second-order valence-corrected chi connectivity index (χ2v) is 8.04. The first-order valence-electron chi connectivity index (χ1n) is 8.88. The Kier molecular flexibility index (Phi) is 7.45. The molecule has 2 saturated heterocycles. The molecule has 1 aromatic carbocycles. The molecule has 0 aromatic heterocycles. The minimum Gasteiger partial charge on any atom is -0.325 e. The molecule has 134 valence electrons. The highest BCUT2D eigenvalue weighted by molar-refractivity contribution is 8.00. The van der Waals surface area contributed by atoms with Crippen molar-refractivity contribution in [3.63, 3.8) is 0 Å². The smallest absolute Gasteiger partial charge is 0.233 e. The van der Waals surface area contributed by atoms with E-state index in [1.54, 1.807) is 11.8 Å². The minimum absolute atomic E-state index is 0. The summed E-state index contributed by atoms with van der Waals surface area (Å²) in [6, 6.07) is 8.84. The Morgan fingerprint density at radius 2 is 1.75 bits per heavy atom. The van der Waals surface area contributed by atoms with Gasteiger partial charge in [0.2, 0.25) is 5.91 Å². The van der Waals surface area contributed by atoms with E-state index in [0.717, 1.165) is 13.1 Å². The van der Waals surface area contributed by atoms with Gasteiger partial charge in [-0.2, -0.15) is 0 Å². The van der Waals surface area contributed by atoms with Gasteiger partial charge in [-0.1, -0.05) is 44.5 Å². The summed E-state index contributed by atoms with van der Waals surface area (Å²) in [6.07, 6.45) is 3.98. The van der Waals surface area contributed by atoms with E-state index in [1.165, 1.54) is 43.5 Å². The van der Waals surface area contributed by atoms with E-state index in [1.807, 2.05) is 0 Å². The van der Waals surface area contributed by atoms with Crippen molar-refractivity contribution < 1.29 is 4.79 Å². The lowest BCUT2D eigenvalue weighted by Gasteiger charge is -2.30. The number of carbonyl (C=O) groups is 1. The largest absolute Gasteiger partial charge is 0.325 e. The van der Waals surface area contributed by atoms with Crippen LogP contribution in [0.25, 0.3) is 0 Å². The van der Waals surface area contributed by atoms with Crippen molar-refractivity contribution in [1.82, 2.24) is 9.80 Å². The fourth-order valence-corrected chi connectivity index (χ4v) is 4.67. The van der Waals surface area contributed by atoms with Gasteiger partial charge in [0.1, 0.15) is 5.37 Å². The number of carbonyl (C=O) groups excluding carboxylic acids is 1. The summed E-state index contributed by atoms with van der Waals surface area (Å²) in [6.45, 7) is 8.71. The highest BCUT2D eigenvalue weighted by Gasteiger charge is 2.32. The van der Waals surface area contributed by atoms with Crippen LogP contribution in [0.15, 0.2) is 24.3 Å². The number of benzene rings is 1. The molecule has 0 N–H and O–H groups in total. The van der Waals surface area contributed by atoms with E-state index in [0.29, 0.717) is 17.6 Å². The van der Waals surface area contributed by atoms with E-state index in [-0.39, 0.29) is 17.8 Å². The predicted molar refractivity (Wildman–Crippen MR) is 105 cm³/mol. The Morgan fingerprint density at radius 3 is 2.38 bits per heavy atom. The second kappa shape index (κ2) is 9.12. The molecule has 0 spiro atoms. The third kappa shape index (κ3) is 4.68. The highest BCUT2D eigenvalue weighted by atomic mass is 35.5. The summed E-state index contributed by atoms with van der Waals surface area (Å²) in [7, 11) is 0. The number of rotatable bonds is 5. The number of hydrogen-bond acceptors (Lipinski definition) is 3. The summed E-state index contributed by atoms with van der Waals surface area (Å²) in [5.74, 6) is 1.47. The zero-order chi connectivity index (χ0) is 16.2. The van der Waals surface area contributed by atoms with E-state index in [9.17, 15) is 4.79 Å². The number of thioether (sulfide) groups is 1. The van der Waals surface area contributed by atoms with Crippen molar-refractivity contribution in [1.29, 1.82) is 0 Å². The molecule has 0 bridgehead atoms. The zero-order valence-corrected chi connectivity index (χ0v) is 16.4. The van der Waals surface area contributed by atoms with Gasteiger partial charge in [-0.25, -0.2) is 0 Å². The fourth-order valence-electron chi connectivity index (χ4n) is 3.45. The minimum atomic E-state index is 0. The Morgan fingerprint density at radius 1 is 1.08 bits per heavy atom. The van der Waals surface area contributed by atoms with Crippen LogP contribution in [-0.4, -0.2) is 47.6 Å². The van der Waals surface area contributed by atoms with Gasteiger partial charge in [0, 0.05) is 13.1 Å². The third-order valence-electron chi connectivity index (χ3n) is 4.96. The van der Waals surface area contributed by atoms with Crippen molar-refractivity contribution in [2.45, 2.75) is 44.4 Å². The maximum Gasteiger partial charge on any atom is 0.233 e. The second-order valence-electron chi connectivity index (χ2n) is 6.97. The Bertz CT molecular complexity index is 529. The molecule has 24 heavy (non-hydrogen) atoms. The average Bonchev–Trinajstić information content (AvgIpc) is 2.95. The lowest BCUT2D eigenvalue weighted by molar-refractivity contribution is -0.128. The van der Waals surface area contributed by atoms with Crippen LogP contribution >= 0.6 is 24.2 Å². The van der Waals surface area contributed by atoms with Gasteiger partial charge >= 0.3 is 0 Å². The molecule has 0 aliphatic carbocycles. The van der Waals surface area contributed by atoms with Crippen LogP contribution in [-0.2, 0) is 4.79 Å². The molecule has 5 heteroatoms. The molecule has 0 radical (unpaired) electrons. The topological polar surface area (TPSA) is 23.6 Å². The first-order chi connectivity index (χ1) is 11.1. The van der Waals surface area contributed by atoms with Gasteiger partial charge < -0.3 is 9.80 Å². The van der Waals surface area contributed by atoms with Crippen molar-refractivity contribution in [2.75, 3.05) is 31.9 Å². The van der Waals surface area contributed by atoms with Crippen LogP contribution in [0.4, 0.5) is 0 Å². The van der Waals surface area contributed by atoms with Gasteiger partial charge in [0.05, 0.1) is 5.75 Å². The van der Waals surface area contributed by atoms with Crippen molar-refractivity contribution in [3.8, 4) is 0 Å². The molecule has 1 unspecified atom stereocenters. The molecule has 2 fully saturated rings. The lowest BCUT2D eigenvalue weighted by Crippen LogP contribution is -2.39.